The van der Waals surface area contributed by atoms with Crippen LogP contribution in [0.25, 0.3) is 0 Å². The molecule has 1 aromatic heterocycles. The van der Waals surface area contributed by atoms with Crippen LogP contribution in [-0.2, 0) is 6.42 Å². The Morgan fingerprint density at radius 3 is 2.95 bits per heavy atom. The summed E-state index contributed by atoms with van der Waals surface area (Å²) in [5.41, 5.74) is 4.14. The molecule has 0 saturated heterocycles. The second-order valence-electron chi connectivity index (χ2n) is 5.65. The fourth-order valence-corrected chi connectivity index (χ4v) is 3.42. The van der Waals surface area contributed by atoms with Crippen molar-refractivity contribution in [2.45, 2.75) is 51.5 Å². The van der Waals surface area contributed by atoms with Crippen LogP contribution >= 0.6 is 15.9 Å². The Morgan fingerprint density at radius 1 is 1.47 bits per heavy atom. The summed E-state index contributed by atoms with van der Waals surface area (Å²) in [6, 6.07) is 4.48. The lowest BCUT2D eigenvalue weighted by Crippen LogP contribution is -2.44. The first-order chi connectivity index (χ1) is 9.22. The maximum Gasteiger partial charge on any atom is 0.0420 e. The molecule has 3 unspecified atom stereocenters. The van der Waals surface area contributed by atoms with E-state index in [9.17, 15) is 0 Å². The van der Waals surface area contributed by atoms with Crippen molar-refractivity contribution in [1.82, 2.24) is 10.4 Å². The molecule has 0 bridgehead atoms. The third-order valence-corrected chi connectivity index (χ3v) is 4.87. The van der Waals surface area contributed by atoms with Gasteiger partial charge in [-0.25, -0.2) is 0 Å². The molecule has 3 nitrogen and oxygen atoms in total. The van der Waals surface area contributed by atoms with Crippen LogP contribution in [0.1, 0.15) is 44.7 Å². The lowest BCUT2D eigenvalue weighted by atomic mass is 9.76. The van der Waals surface area contributed by atoms with Crippen molar-refractivity contribution in [2.75, 3.05) is 0 Å². The van der Waals surface area contributed by atoms with Crippen LogP contribution in [0.3, 0.4) is 0 Å². The number of hydrazine groups is 1. The molecule has 106 valence electrons. The van der Waals surface area contributed by atoms with E-state index in [1.165, 1.54) is 32.1 Å². The van der Waals surface area contributed by atoms with Crippen LogP contribution < -0.4 is 11.3 Å². The predicted octanol–water partition coefficient (Wildman–Crippen LogP) is 3.43. The van der Waals surface area contributed by atoms with Gasteiger partial charge in [0, 0.05) is 28.8 Å². The van der Waals surface area contributed by atoms with E-state index in [1.54, 1.807) is 0 Å². The summed E-state index contributed by atoms with van der Waals surface area (Å²) < 4.78 is 1.03. The highest BCUT2D eigenvalue weighted by Gasteiger charge is 2.27. The molecule has 1 aliphatic rings. The lowest BCUT2D eigenvalue weighted by Gasteiger charge is -2.34. The van der Waals surface area contributed by atoms with E-state index in [0.29, 0.717) is 12.0 Å². The SMILES string of the molecule is CCC1CCCC(C(Cc2ccc(Br)cn2)NN)C1. The maximum atomic E-state index is 5.78. The molecule has 3 N–H and O–H groups in total. The smallest absolute Gasteiger partial charge is 0.0420 e. The van der Waals surface area contributed by atoms with Gasteiger partial charge in [-0.2, -0.15) is 0 Å². The quantitative estimate of drug-likeness (QED) is 0.644. The molecular formula is C15H24BrN3. The summed E-state index contributed by atoms with van der Waals surface area (Å²) in [4.78, 5) is 4.46. The zero-order valence-corrected chi connectivity index (χ0v) is 13.2. The van der Waals surface area contributed by atoms with Crippen LogP contribution in [-0.4, -0.2) is 11.0 Å². The topological polar surface area (TPSA) is 50.9 Å². The Kier molecular flexibility index (Phi) is 5.79. The van der Waals surface area contributed by atoms with Crippen molar-refractivity contribution in [3.63, 3.8) is 0 Å². The first-order valence-corrected chi connectivity index (χ1v) is 8.08. The molecule has 2 rings (SSSR count). The molecular weight excluding hydrogens is 302 g/mol. The molecule has 0 radical (unpaired) electrons. The normalized spacial score (nSPS) is 25.2. The van der Waals surface area contributed by atoms with E-state index in [1.807, 2.05) is 12.3 Å². The first-order valence-electron chi connectivity index (χ1n) is 7.29. The van der Waals surface area contributed by atoms with Gasteiger partial charge in [0.2, 0.25) is 0 Å². The zero-order valence-electron chi connectivity index (χ0n) is 11.6. The highest BCUT2D eigenvalue weighted by atomic mass is 79.9. The summed E-state index contributed by atoms with van der Waals surface area (Å²) in [5.74, 6) is 7.35. The van der Waals surface area contributed by atoms with Crippen molar-refractivity contribution >= 4 is 15.9 Å². The van der Waals surface area contributed by atoms with Gasteiger partial charge >= 0.3 is 0 Å². The molecule has 1 fully saturated rings. The average Bonchev–Trinajstić information content (AvgIpc) is 2.46. The van der Waals surface area contributed by atoms with Crippen LogP contribution in [0.15, 0.2) is 22.8 Å². The van der Waals surface area contributed by atoms with Crippen LogP contribution in [0, 0.1) is 11.8 Å². The minimum absolute atomic E-state index is 0.350. The third kappa shape index (κ3) is 4.26. The Morgan fingerprint density at radius 2 is 2.32 bits per heavy atom. The number of pyridine rings is 1. The monoisotopic (exact) mass is 325 g/mol. The van der Waals surface area contributed by atoms with Gasteiger partial charge in [0.15, 0.2) is 0 Å². The molecule has 1 heterocycles. The van der Waals surface area contributed by atoms with Crippen LogP contribution in [0.5, 0.6) is 0 Å². The molecule has 4 heteroatoms. The summed E-state index contributed by atoms with van der Waals surface area (Å²) in [7, 11) is 0. The number of hydrogen-bond acceptors (Lipinski definition) is 3. The van der Waals surface area contributed by atoms with Crippen molar-refractivity contribution in [2.24, 2.45) is 17.7 Å². The van der Waals surface area contributed by atoms with Gasteiger partial charge in [-0.05, 0) is 52.7 Å². The van der Waals surface area contributed by atoms with E-state index in [2.05, 4.69) is 39.3 Å². The molecule has 1 aliphatic carbocycles. The minimum Gasteiger partial charge on any atom is -0.271 e. The van der Waals surface area contributed by atoms with Gasteiger partial charge in [-0.3, -0.25) is 16.3 Å². The van der Waals surface area contributed by atoms with Gasteiger partial charge in [-0.1, -0.05) is 26.2 Å². The number of hydrogen-bond donors (Lipinski definition) is 2. The lowest BCUT2D eigenvalue weighted by molar-refractivity contribution is 0.207. The number of aromatic nitrogens is 1. The van der Waals surface area contributed by atoms with Crippen molar-refractivity contribution < 1.29 is 0 Å². The molecule has 0 spiro atoms. The average molecular weight is 326 g/mol. The van der Waals surface area contributed by atoms with Crippen molar-refractivity contribution in [1.29, 1.82) is 0 Å². The van der Waals surface area contributed by atoms with E-state index in [4.69, 9.17) is 5.84 Å². The summed E-state index contributed by atoms with van der Waals surface area (Å²) in [5, 5.41) is 0. The van der Waals surface area contributed by atoms with Gasteiger partial charge in [-0.15, -0.1) is 0 Å². The van der Waals surface area contributed by atoms with Gasteiger partial charge < -0.3 is 0 Å². The number of rotatable bonds is 5. The van der Waals surface area contributed by atoms with E-state index in [-0.39, 0.29) is 0 Å². The second kappa shape index (κ2) is 7.36. The number of nitrogens with one attached hydrogen (secondary N) is 1. The molecule has 3 atom stereocenters. The highest BCUT2D eigenvalue weighted by molar-refractivity contribution is 9.10. The van der Waals surface area contributed by atoms with E-state index in [0.717, 1.165) is 22.5 Å². The largest absolute Gasteiger partial charge is 0.271 e. The van der Waals surface area contributed by atoms with Crippen molar-refractivity contribution in [3.8, 4) is 0 Å². The summed E-state index contributed by atoms with van der Waals surface area (Å²) in [6.07, 6.45) is 9.41. The molecule has 0 amide bonds. The van der Waals surface area contributed by atoms with E-state index < -0.39 is 0 Å². The predicted molar refractivity (Wildman–Crippen MR) is 82.5 cm³/mol. The molecule has 0 aliphatic heterocycles. The molecule has 19 heavy (non-hydrogen) atoms. The first kappa shape index (κ1) is 14.9. The standard InChI is InChI=1S/C15H24BrN3/c1-2-11-4-3-5-12(8-11)15(19-17)9-14-7-6-13(16)10-18-14/h6-7,10-12,15,19H,2-5,8-9,17H2,1H3. The highest BCUT2D eigenvalue weighted by Crippen LogP contribution is 2.33. The van der Waals surface area contributed by atoms with Crippen molar-refractivity contribution in [3.05, 3.63) is 28.5 Å². The molecule has 1 saturated carbocycles. The Hall–Kier alpha value is -0.450. The fraction of sp³-hybridized carbons (Fsp3) is 0.667. The van der Waals surface area contributed by atoms with Gasteiger partial charge in [0.25, 0.3) is 0 Å². The summed E-state index contributed by atoms with van der Waals surface area (Å²) >= 11 is 3.42. The Balaban J connectivity index is 1.97. The summed E-state index contributed by atoms with van der Waals surface area (Å²) in [6.45, 7) is 2.30. The second-order valence-corrected chi connectivity index (χ2v) is 6.56. The molecule has 1 aromatic rings. The van der Waals surface area contributed by atoms with Crippen LogP contribution in [0.4, 0.5) is 0 Å². The Bertz CT molecular complexity index is 379. The zero-order chi connectivity index (χ0) is 13.7. The Labute approximate surface area is 124 Å². The third-order valence-electron chi connectivity index (χ3n) is 4.40. The van der Waals surface area contributed by atoms with E-state index >= 15 is 0 Å². The van der Waals surface area contributed by atoms with Crippen LogP contribution in [0.2, 0.25) is 0 Å². The number of halogens is 1. The van der Waals surface area contributed by atoms with Gasteiger partial charge in [0.05, 0.1) is 0 Å². The maximum absolute atomic E-state index is 5.78. The number of nitrogens with two attached hydrogens (primary N) is 1. The van der Waals surface area contributed by atoms with Gasteiger partial charge in [0.1, 0.15) is 0 Å². The number of nitrogens with zero attached hydrogens (tertiary/aromatic N) is 1. The fourth-order valence-electron chi connectivity index (χ4n) is 3.18. The minimum atomic E-state index is 0.350. The molecule has 0 aromatic carbocycles.